The van der Waals surface area contributed by atoms with Gasteiger partial charge in [-0.15, -0.1) is 0 Å². The van der Waals surface area contributed by atoms with Gasteiger partial charge in [-0.1, -0.05) is 250 Å². The fourth-order valence-electron chi connectivity index (χ4n) is 7.44. The van der Waals surface area contributed by atoms with E-state index >= 15 is 0 Å². The molecule has 0 spiro atoms. The summed E-state index contributed by atoms with van der Waals surface area (Å²) >= 11 is 0. The molecule has 5 heteroatoms. The molecule has 0 aromatic heterocycles. The van der Waals surface area contributed by atoms with Crippen molar-refractivity contribution in [2.24, 2.45) is 0 Å². The molecule has 1 atom stereocenters. The van der Waals surface area contributed by atoms with Crippen molar-refractivity contribution >= 4 is 11.9 Å². The SMILES string of the molecule is CC/C=C\C/C=C\C/C=C\C/C=C\C/C=C\C/C=C\C/C=C\C/C=C\CCCCCCCCCCCCCCCCCCC(=O)OC(CO)COC(=O)CCCC/C=C\C/C=C\C/C=C\C/C=C\CC. The van der Waals surface area contributed by atoms with E-state index in [0.29, 0.717) is 12.8 Å². The third-order valence-corrected chi connectivity index (χ3v) is 11.6. The first kappa shape index (κ1) is 65.8. The van der Waals surface area contributed by atoms with E-state index in [4.69, 9.17) is 9.47 Å². The predicted octanol–water partition coefficient (Wildman–Crippen LogP) is 19.4. The molecule has 0 heterocycles. The highest BCUT2D eigenvalue weighted by molar-refractivity contribution is 5.70. The van der Waals surface area contributed by atoms with Crippen LogP contribution in [0.1, 0.15) is 232 Å². The predicted molar refractivity (Wildman–Crippen MR) is 306 cm³/mol. The second-order valence-electron chi connectivity index (χ2n) is 18.2. The average molecular weight is 966 g/mol. The van der Waals surface area contributed by atoms with Crippen LogP contribution in [0.15, 0.2) is 146 Å². The van der Waals surface area contributed by atoms with Crippen LogP contribution >= 0.6 is 0 Å². The molecule has 1 N–H and O–H groups in total. The van der Waals surface area contributed by atoms with E-state index in [0.717, 1.165) is 116 Å². The topological polar surface area (TPSA) is 72.8 Å². The number of hydrogen-bond donors (Lipinski definition) is 1. The second-order valence-corrected chi connectivity index (χ2v) is 18.2. The van der Waals surface area contributed by atoms with Crippen molar-refractivity contribution in [3.8, 4) is 0 Å². The number of rotatable bonds is 50. The zero-order valence-electron chi connectivity index (χ0n) is 45.0. The van der Waals surface area contributed by atoms with Crippen LogP contribution in [0.5, 0.6) is 0 Å². The Labute approximate surface area is 431 Å². The minimum absolute atomic E-state index is 0.0935. The molecule has 394 valence electrons. The maximum Gasteiger partial charge on any atom is 0.306 e. The zero-order valence-corrected chi connectivity index (χ0v) is 45.0. The van der Waals surface area contributed by atoms with Gasteiger partial charge >= 0.3 is 11.9 Å². The largest absolute Gasteiger partial charge is 0.462 e. The summed E-state index contributed by atoms with van der Waals surface area (Å²) in [6.45, 7) is 3.87. The van der Waals surface area contributed by atoms with Crippen molar-refractivity contribution in [2.75, 3.05) is 13.2 Å². The van der Waals surface area contributed by atoms with Gasteiger partial charge in [0.2, 0.25) is 0 Å². The standard InChI is InChI=1S/C65H104O5/c1-3-5-7-9-11-13-15-17-19-20-21-22-23-24-25-26-27-28-29-30-31-32-33-34-35-36-37-38-39-40-41-42-43-44-46-48-50-52-54-56-58-60-65(68)70-63(61-66)62-69-64(67)59-57-55-53-51-49-47-45-18-16-14-12-10-8-6-4-2/h5-8,11-14,17-19,21-22,24-25,27-28,30-31,33-34,45,49,51,63,66H,3-4,9-10,15-16,20,23,26,29,32,35-44,46-48,50,52-62H2,1-2H3/b7-5-,8-6-,13-11-,14-12-,19-17-,22-21-,25-24-,28-27-,31-30-,34-33-,45-18-,51-49-. The van der Waals surface area contributed by atoms with Crippen LogP contribution in [-0.4, -0.2) is 36.4 Å². The summed E-state index contributed by atoms with van der Waals surface area (Å²) in [5.74, 6) is -0.645. The molecule has 0 saturated carbocycles. The second kappa shape index (κ2) is 59.1. The Balaban J connectivity index is 3.54. The highest BCUT2D eigenvalue weighted by Gasteiger charge is 2.16. The molecular formula is C65H104O5. The molecule has 0 rings (SSSR count). The molecule has 0 amide bonds. The Morgan fingerprint density at radius 3 is 0.886 bits per heavy atom. The summed E-state index contributed by atoms with van der Waals surface area (Å²) in [5.41, 5.74) is 0. The fourth-order valence-corrected chi connectivity index (χ4v) is 7.44. The monoisotopic (exact) mass is 965 g/mol. The Morgan fingerprint density at radius 1 is 0.329 bits per heavy atom. The van der Waals surface area contributed by atoms with Crippen LogP contribution in [0.2, 0.25) is 0 Å². The van der Waals surface area contributed by atoms with Crippen LogP contribution in [0.25, 0.3) is 0 Å². The molecule has 1 unspecified atom stereocenters. The van der Waals surface area contributed by atoms with Gasteiger partial charge in [0.05, 0.1) is 6.61 Å². The number of hydrogen-bond acceptors (Lipinski definition) is 5. The lowest BCUT2D eigenvalue weighted by Gasteiger charge is -2.15. The molecule has 5 nitrogen and oxygen atoms in total. The van der Waals surface area contributed by atoms with Crippen LogP contribution in [-0.2, 0) is 19.1 Å². The van der Waals surface area contributed by atoms with E-state index in [1.165, 1.54) is 89.9 Å². The first-order chi connectivity index (χ1) is 34.6. The number of aliphatic hydroxyl groups excluding tert-OH is 1. The number of carbonyl (C=O) groups excluding carboxylic acids is 2. The van der Waals surface area contributed by atoms with E-state index < -0.39 is 6.10 Å². The number of esters is 2. The van der Waals surface area contributed by atoms with E-state index in [2.05, 4.69) is 160 Å². The van der Waals surface area contributed by atoms with Gasteiger partial charge in [0.1, 0.15) is 6.61 Å². The van der Waals surface area contributed by atoms with E-state index in [-0.39, 0.29) is 25.2 Å². The lowest BCUT2D eigenvalue weighted by atomic mass is 10.0. The highest BCUT2D eigenvalue weighted by atomic mass is 16.6. The van der Waals surface area contributed by atoms with Gasteiger partial charge in [-0.25, -0.2) is 0 Å². The van der Waals surface area contributed by atoms with Gasteiger partial charge in [0, 0.05) is 12.8 Å². The van der Waals surface area contributed by atoms with E-state index in [1.807, 2.05) is 0 Å². The number of aliphatic hydroxyl groups is 1. The molecule has 0 fully saturated rings. The van der Waals surface area contributed by atoms with Crippen molar-refractivity contribution in [3.63, 3.8) is 0 Å². The molecule has 0 bridgehead atoms. The maximum atomic E-state index is 12.3. The number of allylic oxidation sites excluding steroid dienone is 24. The zero-order chi connectivity index (χ0) is 50.6. The third-order valence-electron chi connectivity index (χ3n) is 11.6. The Hall–Kier alpha value is -4.22. The van der Waals surface area contributed by atoms with Crippen molar-refractivity contribution in [1.29, 1.82) is 0 Å². The van der Waals surface area contributed by atoms with Crippen LogP contribution in [0.4, 0.5) is 0 Å². The average Bonchev–Trinajstić information content (AvgIpc) is 3.36. The number of carbonyl (C=O) groups is 2. The fraction of sp³-hybridized carbons (Fsp3) is 0.600. The summed E-state index contributed by atoms with van der Waals surface area (Å²) in [5, 5.41) is 9.62. The Morgan fingerprint density at radius 2 is 0.571 bits per heavy atom. The van der Waals surface area contributed by atoms with Gasteiger partial charge in [0.25, 0.3) is 0 Å². The quantitative estimate of drug-likeness (QED) is 0.0374. The molecule has 0 radical (unpaired) electrons. The molecule has 0 aromatic rings. The summed E-state index contributed by atoms with van der Waals surface area (Å²) < 4.78 is 10.6. The first-order valence-electron chi connectivity index (χ1n) is 28.4. The van der Waals surface area contributed by atoms with Crippen molar-refractivity contribution < 1.29 is 24.2 Å². The normalized spacial score (nSPS) is 13.4. The Bertz CT molecular complexity index is 1510. The van der Waals surface area contributed by atoms with Gasteiger partial charge in [-0.05, 0) is 116 Å². The van der Waals surface area contributed by atoms with E-state index in [9.17, 15) is 14.7 Å². The number of unbranched alkanes of at least 4 members (excludes halogenated alkanes) is 18. The van der Waals surface area contributed by atoms with Gasteiger partial charge in [-0.2, -0.15) is 0 Å². The van der Waals surface area contributed by atoms with Crippen LogP contribution in [0, 0.1) is 0 Å². The molecule has 70 heavy (non-hydrogen) atoms. The molecular weight excluding hydrogens is 861 g/mol. The first-order valence-corrected chi connectivity index (χ1v) is 28.4. The van der Waals surface area contributed by atoms with Gasteiger partial charge < -0.3 is 14.6 Å². The van der Waals surface area contributed by atoms with Crippen LogP contribution < -0.4 is 0 Å². The summed E-state index contributed by atoms with van der Waals surface area (Å²) in [6, 6.07) is 0. The summed E-state index contributed by atoms with van der Waals surface area (Å²) in [4.78, 5) is 24.4. The van der Waals surface area contributed by atoms with Crippen molar-refractivity contribution in [3.05, 3.63) is 146 Å². The van der Waals surface area contributed by atoms with Crippen molar-refractivity contribution in [1.82, 2.24) is 0 Å². The molecule has 0 aliphatic heterocycles. The molecule has 0 aromatic carbocycles. The van der Waals surface area contributed by atoms with Crippen molar-refractivity contribution in [2.45, 2.75) is 238 Å². The minimum atomic E-state index is -0.797. The smallest absolute Gasteiger partial charge is 0.306 e. The lowest BCUT2D eigenvalue weighted by Crippen LogP contribution is -2.28. The molecule has 0 aliphatic carbocycles. The molecule has 0 aliphatic rings. The van der Waals surface area contributed by atoms with Gasteiger partial charge in [-0.3, -0.25) is 9.59 Å². The minimum Gasteiger partial charge on any atom is -0.462 e. The lowest BCUT2D eigenvalue weighted by molar-refractivity contribution is -0.161. The van der Waals surface area contributed by atoms with Crippen LogP contribution in [0.3, 0.4) is 0 Å². The van der Waals surface area contributed by atoms with Gasteiger partial charge in [0.15, 0.2) is 6.10 Å². The molecule has 0 saturated heterocycles. The summed E-state index contributed by atoms with van der Waals surface area (Å²) in [6.07, 6.45) is 89.8. The number of ether oxygens (including phenoxy) is 2. The van der Waals surface area contributed by atoms with E-state index in [1.54, 1.807) is 0 Å². The summed E-state index contributed by atoms with van der Waals surface area (Å²) in [7, 11) is 0. The highest BCUT2D eigenvalue weighted by Crippen LogP contribution is 2.15. The third kappa shape index (κ3) is 56.4. The Kier molecular flexibility index (Phi) is 55.5. The maximum absolute atomic E-state index is 12.3.